The molecule has 1 spiro atoms. The van der Waals surface area contributed by atoms with Crippen molar-refractivity contribution >= 4 is 0 Å². The van der Waals surface area contributed by atoms with Crippen molar-refractivity contribution in [1.82, 2.24) is 10.2 Å². The number of hydrogen-bond donors (Lipinski definition) is 1. The van der Waals surface area contributed by atoms with Gasteiger partial charge in [-0.05, 0) is 18.9 Å². The molecule has 19 heavy (non-hydrogen) atoms. The molecule has 2 fully saturated rings. The van der Waals surface area contributed by atoms with E-state index in [-0.39, 0.29) is 5.54 Å². The van der Waals surface area contributed by atoms with E-state index in [2.05, 4.69) is 10.2 Å². The van der Waals surface area contributed by atoms with Crippen LogP contribution >= 0.6 is 0 Å². The maximum absolute atomic E-state index is 13.8. The molecule has 3 rings (SSSR count). The van der Waals surface area contributed by atoms with Gasteiger partial charge in [0, 0.05) is 37.3 Å². The molecule has 1 saturated carbocycles. The van der Waals surface area contributed by atoms with Gasteiger partial charge in [0.05, 0.1) is 0 Å². The Labute approximate surface area is 112 Å². The summed E-state index contributed by atoms with van der Waals surface area (Å²) >= 11 is 0. The summed E-state index contributed by atoms with van der Waals surface area (Å²) in [5.74, 6) is -1.43. The Bertz CT molecular complexity index is 455. The molecule has 1 heterocycles. The smallest absolute Gasteiger partial charge is 0.163 e. The quantitative estimate of drug-likeness (QED) is 0.885. The predicted molar refractivity (Wildman–Crippen MR) is 70.8 cm³/mol. The van der Waals surface area contributed by atoms with Crippen molar-refractivity contribution in [3.05, 3.63) is 35.4 Å². The highest BCUT2D eigenvalue weighted by molar-refractivity contribution is 5.19. The average Bonchev–Trinajstić information content (AvgIpc) is 2.87. The lowest BCUT2D eigenvalue weighted by Gasteiger charge is -2.45. The lowest BCUT2D eigenvalue weighted by Crippen LogP contribution is -2.59. The Balaban J connectivity index is 1.82. The van der Waals surface area contributed by atoms with Gasteiger partial charge < -0.3 is 5.32 Å². The standard InChI is InChI=1S/C15H20F2N2/c16-13-5-3-4-12(14(13)17)10-19-9-8-18-11-15(19)6-1-2-7-15/h3-5,18H,1-2,6-11H2. The summed E-state index contributed by atoms with van der Waals surface area (Å²) in [4.78, 5) is 2.36. The van der Waals surface area contributed by atoms with Crippen molar-refractivity contribution < 1.29 is 8.78 Å². The number of halogens is 2. The van der Waals surface area contributed by atoms with Crippen LogP contribution in [0.25, 0.3) is 0 Å². The van der Waals surface area contributed by atoms with Crippen molar-refractivity contribution in [1.29, 1.82) is 0 Å². The second-order valence-corrected chi connectivity index (χ2v) is 5.74. The molecule has 1 saturated heterocycles. The molecule has 1 aliphatic carbocycles. The molecule has 1 N–H and O–H groups in total. The predicted octanol–water partition coefficient (Wildman–Crippen LogP) is 2.68. The first-order valence-corrected chi connectivity index (χ1v) is 7.10. The van der Waals surface area contributed by atoms with Gasteiger partial charge in [0.2, 0.25) is 0 Å². The van der Waals surface area contributed by atoms with Crippen LogP contribution in [0.2, 0.25) is 0 Å². The van der Waals surface area contributed by atoms with E-state index < -0.39 is 11.6 Å². The molecule has 0 radical (unpaired) electrons. The number of benzene rings is 1. The van der Waals surface area contributed by atoms with Crippen molar-refractivity contribution in [3.8, 4) is 0 Å². The second-order valence-electron chi connectivity index (χ2n) is 5.74. The zero-order valence-electron chi connectivity index (χ0n) is 11.1. The Morgan fingerprint density at radius 2 is 2.00 bits per heavy atom. The number of rotatable bonds is 2. The van der Waals surface area contributed by atoms with E-state index in [9.17, 15) is 8.78 Å². The highest BCUT2D eigenvalue weighted by atomic mass is 19.2. The largest absolute Gasteiger partial charge is 0.314 e. The maximum Gasteiger partial charge on any atom is 0.163 e. The van der Waals surface area contributed by atoms with Gasteiger partial charge in [0.1, 0.15) is 0 Å². The molecule has 1 aliphatic heterocycles. The van der Waals surface area contributed by atoms with E-state index >= 15 is 0 Å². The van der Waals surface area contributed by atoms with Gasteiger partial charge in [-0.3, -0.25) is 4.90 Å². The van der Waals surface area contributed by atoms with Gasteiger partial charge in [0.25, 0.3) is 0 Å². The molecule has 0 amide bonds. The van der Waals surface area contributed by atoms with Gasteiger partial charge in [0.15, 0.2) is 11.6 Å². The van der Waals surface area contributed by atoms with E-state index in [0.717, 1.165) is 32.5 Å². The van der Waals surface area contributed by atoms with Crippen LogP contribution in [0.5, 0.6) is 0 Å². The summed E-state index contributed by atoms with van der Waals surface area (Å²) in [5.41, 5.74) is 0.643. The normalized spacial score (nSPS) is 23.1. The Morgan fingerprint density at radius 1 is 1.21 bits per heavy atom. The van der Waals surface area contributed by atoms with Crippen molar-refractivity contribution in [2.75, 3.05) is 19.6 Å². The average molecular weight is 266 g/mol. The molecule has 0 bridgehead atoms. The van der Waals surface area contributed by atoms with Crippen molar-refractivity contribution in [2.24, 2.45) is 0 Å². The number of piperazine rings is 1. The Kier molecular flexibility index (Phi) is 3.54. The molecular weight excluding hydrogens is 246 g/mol. The van der Waals surface area contributed by atoms with Crippen LogP contribution in [0.15, 0.2) is 18.2 Å². The van der Waals surface area contributed by atoms with Crippen molar-refractivity contribution in [2.45, 2.75) is 37.8 Å². The zero-order chi connectivity index (χ0) is 13.3. The Hall–Kier alpha value is -1.00. The van der Waals surface area contributed by atoms with E-state index in [1.165, 1.54) is 18.9 Å². The Morgan fingerprint density at radius 3 is 2.79 bits per heavy atom. The SMILES string of the molecule is Fc1cccc(CN2CCNCC23CCCC3)c1F. The molecule has 4 heteroatoms. The highest BCUT2D eigenvalue weighted by Crippen LogP contribution is 2.37. The summed E-state index contributed by atoms with van der Waals surface area (Å²) in [7, 11) is 0. The first kappa shape index (κ1) is 13.0. The zero-order valence-corrected chi connectivity index (χ0v) is 11.1. The molecule has 2 nitrogen and oxygen atoms in total. The molecule has 0 atom stereocenters. The van der Waals surface area contributed by atoms with Crippen molar-refractivity contribution in [3.63, 3.8) is 0 Å². The summed E-state index contributed by atoms with van der Waals surface area (Å²) in [6.45, 7) is 3.34. The summed E-state index contributed by atoms with van der Waals surface area (Å²) in [6.07, 6.45) is 4.81. The first-order valence-electron chi connectivity index (χ1n) is 7.10. The van der Waals surface area contributed by atoms with Crippen LogP contribution in [0.1, 0.15) is 31.2 Å². The third-order valence-corrected chi connectivity index (χ3v) is 4.61. The fourth-order valence-electron chi connectivity index (χ4n) is 3.53. The lowest BCUT2D eigenvalue weighted by atomic mass is 9.92. The van der Waals surface area contributed by atoms with E-state index in [0.29, 0.717) is 12.1 Å². The summed E-state index contributed by atoms with van der Waals surface area (Å²) in [5, 5.41) is 3.45. The van der Waals surface area contributed by atoms with Crippen LogP contribution in [0, 0.1) is 11.6 Å². The van der Waals surface area contributed by atoms with Crippen LogP contribution in [0.3, 0.4) is 0 Å². The van der Waals surface area contributed by atoms with Crippen LogP contribution < -0.4 is 5.32 Å². The fraction of sp³-hybridized carbons (Fsp3) is 0.600. The van der Waals surface area contributed by atoms with Gasteiger partial charge in [-0.15, -0.1) is 0 Å². The first-order chi connectivity index (χ1) is 9.21. The number of nitrogens with zero attached hydrogens (tertiary/aromatic N) is 1. The van der Waals surface area contributed by atoms with Crippen LogP contribution in [0.4, 0.5) is 8.78 Å². The fourth-order valence-corrected chi connectivity index (χ4v) is 3.53. The number of hydrogen-bond acceptors (Lipinski definition) is 2. The summed E-state index contributed by atoms with van der Waals surface area (Å²) in [6, 6.07) is 4.47. The summed E-state index contributed by atoms with van der Waals surface area (Å²) < 4.78 is 27.1. The maximum atomic E-state index is 13.8. The minimum Gasteiger partial charge on any atom is -0.314 e. The molecule has 2 aliphatic rings. The van der Waals surface area contributed by atoms with Gasteiger partial charge >= 0.3 is 0 Å². The van der Waals surface area contributed by atoms with E-state index in [1.54, 1.807) is 12.1 Å². The molecule has 0 aromatic heterocycles. The second kappa shape index (κ2) is 5.17. The molecule has 1 aromatic rings. The highest BCUT2D eigenvalue weighted by Gasteiger charge is 2.41. The molecular formula is C15H20F2N2. The third-order valence-electron chi connectivity index (χ3n) is 4.61. The molecule has 1 aromatic carbocycles. The topological polar surface area (TPSA) is 15.3 Å². The van der Waals surface area contributed by atoms with Gasteiger partial charge in [-0.25, -0.2) is 8.78 Å². The van der Waals surface area contributed by atoms with Crippen LogP contribution in [-0.2, 0) is 6.54 Å². The van der Waals surface area contributed by atoms with E-state index in [1.807, 2.05) is 0 Å². The lowest BCUT2D eigenvalue weighted by molar-refractivity contribution is 0.0561. The monoisotopic (exact) mass is 266 g/mol. The third kappa shape index (κ3) is 2.39. The van der Waals surface area contributed by atoms with Crippen LogP contribution in [-0.4, -0.2) is 30.1 Å². The minimum absolute atomic E-state index is 0.164. The van der Waals surface area contributed by atoms with E-state index in [4.69, 9.17) is 0 Å². The molecule has 0 unspecified atom stereocenters. The van der Waals surface area contributed by atoms with Gasteiger partial charge in [-0.1, -0.05) is 25.0 Å². The van der Waals surface area contributed by atoms with Gasteiger partial charge in [-0.2, -0.15) is 0 Å². The number of nitrogens with one attached hydrogen (secondary N) is 1. The molecule has 104 valence electrons. The minimum atomic E-state index is -0.742.